The zero-order valence-corrected chi connectivity index (χ0v) is 9.85. The van der Waals surface area contributed by atoms with E-state index in [0.29, 0.717) is 0 Å². The first-order valence-corrected chi connectivity index (χ1v) is 5.32. The largest absolute Gasteiger partial charge is 0.376 e. The fraction of sp³-hybridized carbons (Fsp3) is 0.889. The van der Waals surface area contributed by atoms with Crippen molar-refractivity contribution in [2.75, 3.05) is 6.61 Å². The highest BCUT2D eigenvalue weighted by Crippen LogP contribution is 2.18. The molecule has 4 heteroatoms. The van der Waals surface area contributed by atoms with Crippen molar-refractivity contribution in [1.82, 2.24) is 5.32 Å². The molecular weight excluding hydrogens is 234 g/mol. The molecule has 1 aliphatic rings. The van der Waals surface area contributed by atoms with Crippen molar-refractivity contribution in [2.45, 2.75) is 43.7 Å². The van der Waals surface area contributed by atoms with Crippen molar-refractivity contribution in [3.8, 4) is 0 Å². The van der Waals surface area contributed by atoms with Crippen molar-refractivity contribution >= 4 is 21.8 Å². The van der Waals surface area contributed by atoms with Crippen molar-refractivity contribution < 1.29 is 9.53 Å². The first-order valence-electron chi connectivity index (χ1n) is 4.53. The minimum Gasteiger partial charge on any atom is -0.376 e. The van der Waals surface area contributed by atoms with Crippen molar-refractivity contribution in [3.63, 3.8) is 0 Å². The molecule has 0 saturated carbocycles. The van der Waals surface area contributed by atoms with Crippen LogP contribution in [0, 0.1) is 0 Å². The van der Waals surface area contributed by atoms with Gasteiger partial charge >= 0.3 is 0 Å². The molecule has 76 valence electrons. The van der Waals surface area contributed by atoms with Crippen LogP contribution in [0.4, 0.5) is 0 Å². The lowest BCUT2D eigenvalue weighted by Gasteiger charge is -2.21. The van der Waals surface area contributed by atoms with Crippen LogP contribution in [-0.2, 0) is 9.53 Å². The quantitative estimate of drug-likeness (QED) is 0.753. The second-order valence-electron chi connectivity index (χ2n) is 3.92. The summed E-state index contributed by atoms with van der Waals surface area (Å²) < 4.78 is 4.86. The summed E-state index contributed by atoms with van der Waals surface area (Å²) in [6, 6.07) is 0.171. The average Bonchev–Trinajstić information content (AvgIpc) is 2.34. The summed E-state index contributed by atoms with van der Waals surface area (Å²) in [6.45, 7) is 6.40. The third kappa shape index (κ3) is 2.95. The maximum absolute atomic E-state index is 11.6. The molecule has 0 aromatic rings. The summed E-state index contributed by atoms with van der Waals surface area (Å²) >= 11 is 3.32. The Hall–Kier alpha value is -0.0900. The summed E-state index contributed by atoms with van der Waals surface area (Å²) in [5.41, 5.74) is 0. The second-order valence-corrected chi connectivity index (χ2v) is 5.90. The van der Waals surface area contributed by atoms with E-state index < -0.39 is 4.32 Å². The molecule has 0 spiro atoms. The Labute approximate surface area is 87.3 Å². The van der Waals surface area contributed by atoms with Crippen molar-refractivity contribution in [3.05, 3.63) is 0 Å². The molecule has 1 saturated heterocycles. The van der Waals surface area contributed by atoms with E-state index in [2.05, 4.69) is 21.2 Å². The summed E-state index contributed by atoms with van der Waals surface area (Å²) in [5, 5.41) is 2.96. The Morgan fingerprint density at radius 2 is 2.23 bits per heavy atom. The van der Waals surface area contributed by atoms with Gasteiger partial charge < -0.3 is 10.1 Å². The molecule has 3 nitrogen and oxygen atoms in total. The van der Waals surface area contributed by atoms with Crippen molar-refractivity contribution in [2.24, 2.45) is 0 Å². The number of halogens is 1. The molecule has 1 amide bonds. The van der Waals surface area contributed by atoms with Gasteiger partial charge in [0.2, 0.25) is 5.91 Å². The number of hydrogen-bond acceptors (Lipinski definition) is 2. The van der Waals surface area contributed by atoms with Gasteiger partial charge in [0.05, 0.1) is 16.5 Å². The van der Waals surface area contributed by atoms with Crippen LogP contribution in [0.3, 0.4) is 0 Å². The van der Waals surface area contributed by atoms with E-state index in [1.165, 1.54) is 0 Å². The molecule has 2 atom stereocenters. The average molecular weight is 250 g/mol. The second kappa shape index (κ2) is 3.96. The number of alkyl halides is 1. The van der Waals surface area contributed by atoms with Crippen LogP contribution in [0.2, 0.25) is 0 Å². The smallest absolute Gasteiger partial charge is 0.236 e. The number of amides is 1. The maximum Gasteiger partial charge on any atom is 0.236 e. The van der Waals surface area contributed by atoms with Gasteiger partial charge in [-0.1, -0.05) is 15.9 Å². The van der Waals surface area contributed by atoms with Crippen LogP contribution in [0.1, 0.15) is 27.2 Å². The SMILES string of the molecule is CC1OCCC1NC(=O)C(C)(C)Br. The van der Waals surface area contributed by atoms with E-state index in [0.717, 1.165) is 13.0 Å². The first kappa shape index (κ1) is 11.0. The van der Waals surface area contributed by atoms with E-state index in [-0.39, 0.29) is 18.1 Å². The molecular formula is C9H16BrNO2. The maximum atomic E-state index is 11.6. The predicted molar refractivity (Wildman–Crippen MR) is 55.0 cm³/mol. The fourth-order valence-electron chi connectivity index (χ4n) is 1.26. The Morgan fingerprint density at radius 3 is 2.62 bits per heavy atom. The Kier molecular flexibility index (Phi) is 3.35. The van der Waals surface area contributed by atoms with Gasteiger partial charge in [0.25, 0.3) is 0 Å². The molecule has 1 fully saturated rings. The molecule has 1 N–H and O–H groups in total. The summed E-state index contributed by atoms with van der Waals surface area (Å²) in [4.78, 5) is 11.6. The van der Waals surface area contributed by atoms with Crippen LogP contribution < -0.4 is 5.32 Å². The molecule has 0 aliphatic carbocycles. The van der Waals surface area contributed by atoms with Crippen LogP contribution in [-0.4, -0.2) is 29.0 Å². The highest BCUT2D eigenvalue weighted by atomic mass is 79.9. The molecule has 1 aliphatic heterocycles. The van der Waals surface area contributed by atoms with E-state index in [1.54, 1.807) is 0 Å². The number of carbonyl (C=O) groups is 1. The number of nitrogens with one attached hydrogen (secondary N) is 1. The number of rotatable bonds is 2. The Balaban J connectivity index is 2.45. The molecule has 0 bridgehead atoms. The van der Waals surface area contributed by atoms with Crippen LogP contribution in [0.25, 0.3) is 0 Å². The van der Waals surface area contributed by atoms with Gasteiger partial charge in [0.1, 0.15) is 0 Å². The topological polar surface area (TPSA) is 38.3 Å². The summed E-state index contributed by atoms with van der Waals surface area (Å²) in [5.74, 6) is 0.0230. The lowest BCUT2D eigenvalue weighted by atomic mass is 10.1. The van der Waals surface area contributed by atoms with Crippen LogP contribution in [0.5, 0.6) is 0 Å². The van der Waals surface area contributed by atoms with E-state index >= 15 is 0 Å². The predicted octanol–water partition coefficient (Wildman–Crippen LogP) is 1.45. The zero-order chi connectivity index (χ0) is 10.1. The van der Waals surface area contributed by atoms with E-state index in [1.807, 2.05) is 20.8 Å². The number of hydrogen-bond donors (Lipinski definition) is 1. The molecule has 13 heavy (non-hydrogen) atoms. The molecule has 2 unspecified atom stereocenters. The molecule has 1 rings (SSSR count). The molecule has 1 heterocycles. The minimum absolute atomic E-state index is 0.0230. The summed E-state index contributed by atoms with van der Waals surface area (Å²) in [7, 11) is 0. The fourth-order valence-corrected chi connectivity index (χ4v) is 1.38. The van der Waals surface area contributed by atoms with Gasteiger partial charge in [-0.15, -0.1) is 0 Å². The highest BCUT2D eigenvalue weighted by molar-refractivity contribution is 9.10. The van der Waals surface area contributed by atoms with Gasteiger partial charge in [-0.05, 0) is 27.2 Å². The third-order valence-corrected chi connectivity index (χ3v) is 2.59. The lowest BCUT2D eigenvalue weighted by Crippen LogP contribution is -2.46. The zero-order valence-electron chi connectivity index (χ0n) is 8.26. The van der Waals surface area contributed by atoms with Gasteiger partial charge in [-0.3, -0.25) is 4.79 Å². The van der Waals surface area contributed by atoms with E-state index in [9.17, 15) is 4.79 Å². The molecule has 0 aromatic heterocycles. The summed E-state index contributed by atoms with van der Waals surface area (Å²) in [6.07, 6.45) is 1.05. The third-order valence-electron chi connectivity index (χ3n) is 2.23. The van der Waals surface area contributed by atoms with Crippen LogP contribution >= 0.6 is 15.9 Å². The molecule has 0 radical (unpaired) electrons. The van der Waals surface area contributed by atoms with Gasteiger partial charge in [-0.2, -0.15) is 0 Å². The van der Waals surface area contributed by atoms with Gasteiger partial charge in [0, 0.05) is 6.61 Å². The number of carbonyl (C=O) groups excluding carboxylic acids is 1. The van der Waals surface area contributed by atoms with Gasteiger partial charge in [0.15, 0.2) is 0 Å². The number of ether oxygens (including phenoxy) is 1. The van der Waals surface area contributed by atoms with Crippen LogP contribution in [0.15, 0.2) is 0 Å². The highest BCUT2D eigenvalue weighted by Gasteiger charge is 2.30. The Morgan fingerprint density at radius 1 is 1.62 bits per heavy atom. The normalized spacial score (nSPS) is 28.9. The lowest BCUT2D eigenvalue weighted by molar-refractivity contribution is -0.123. The van der Waals surface area contributed by atoms with Gasteiger partial charge in [-0.25, -0.2) is 0 Å². The van der Waals surface area contributed by atoms with Crippen molar-refractivity contribution in [1.29, 1.82) is 0 Å². The van der Waals surface area contributed by atoms with E-state index in [4.69, 9.17) is 4.74 Å². The monoisotopic (exact) mass is 249 g/mol. The Bertz CT molecular complexity index is 200. The molecule has 0 aromatic carbocycles. The minimum atomic E-state index is -0.491. The standard InChI is InChI=1S/C9H16BrNO2/c1-6-7(4-5-13-6)11-8(12)9(2,3)10/h6-7H,4-5H2,1-3H3,(H,11,12). The first-order chi connectivity index (χ1) is 5.91.